The molecule has 270 valence electrons. The molecule has 52 heavy (non-hydrogen) atoms. The van der Waals surface area contributed by atoms with E-state index in [-0.39, 0.29) is 43.3 Å². The van der Waals surface area contributed by atoms with E-state index in [0.29, 0.717) is 35.7 Å². The molecule has 5 atom stereocenters. The number of nitrogens with zero attached hydrogens (tertiary/aromatic N) is 2. The Hall–Kier alpha value is -4.81. The third-order valence-corrected chi connectivity index (χ3v) is 13.5. The molecule has 3 amide bonds. The molecule has 1 fully saturated rings. The molecule has 3 aliphatic rings. The first-order valence-corrected chi connectivity index (χ1v) is 20.8. The molecule has 7 rings (SSSR count). The van der Waals surface area contributed by atoms with Crippen molar-refractivity contribution in [1.29, 1.82) is 0 Å². The van der Waals surface area contributed by atoms with Gasteiger partial charge in [0.25, 0.3) is 11.8 Å². The number of carbonyl (C=O) groups excluding carboxylic acids is 3. The average Bonchev–Trinajstić information content (AvgIpc) is 3.57. The number of nitrogens with one attached hydrogen (secondary N) is 1. The number of fused-ring (bicyclic) bond motifs is 3. The zero-order valence-corrected chi connectivity index (χ0v) is 30.9. The van der Waals surface area contributed by atoms with E-state index >= 15 is 0 Å². The van der Waals surface area contributed by atoms with Gasteiger partial charge in [-0.1, -0.05) is 61.5 Å². The van der Waals surface area contributed by atoms with Crippen molar-refractivity contribution in [3.05, 3.63) is 125 Å². The third-order valence-electron chi connectivity index (χ3n) is 11.0. The molecule has 1 spiro atoms. The van der Waals surface area contributed by atoms with E-state index in [1.807, 2.05) is 86.7 Å². The lowest BCUT2D eigenvalue weighted by Gasteiger charge is -2.37. The number of amides is 3. The van der Waals surface area contributed by atoms with Gasteiger partial charge in [0.1, 0.15) is 5.75 Å². The van der Waals surface area contributed by atoms with Gasteiger partial charge in [0.15, 0.2) is 13.9 Å². The van der Waals surface area contributed by atoms with Crippen LogP contribution in [0.2, 0.25) is 18.6 Å². The number of aliphatic hydroxyl groups is 1. The fourth-order valence-corrected chi connectivity index (χ4v) is 11.2. The van der Waals surface area contributed by atoms with Gasteiger partial charge in [-0.15, -0.1) is 0 Å². The Morgan fingerprint density at radius 2 is 1.69 bits per heavy atom. The normalized spacial score (nSPS) is 23.8. The molecule has 0 aromatic heterocycles. The number of benzene rings is 4. The van der Waals surface area contributed by atoms with Crippen molar-refractivity contribution in [3.63, 3.8) is 0 Å². The summed E-state index contributed by atoms with van der Waals surface area (Å²) in [5.41, 5.74) is 3.66. The second-order valence-electron chi connectivity index (χ2n) is 14.7. The van der Waals surface area contributed by atoms with E-state index in [1.54, 1.807) is 47.2 Å². The predicted molar refractivity (Wildman–Crippen MR) is 200 cm³/mol. The van der Waals surface area contributed by atoms with E-state index in [4.69, 9.17) is 9.47 Å². The summed E-state index contributed by atoms with van der Waals surface area (Å²) in [5.74, 6) is -0.454. The molecule has 1 saturated heterocycles. The molecular formula is C41H45N3O7Si. The van der Waals surface area contributed by atoms with Crippen LogP contribution in [0.1, 0.15) is 46.0 Å². The van der Waals surface area contributed by atoms with Crippen LogP contribution in [0.15, 0.2) is 97.1 Å². The van der Waals surface area contributed by atoms with Crippen LogP contribution < -0.4 is 15.0 Å². The molecule has 4 aromatic carbocycles. The Bertz CT molecular complexity index is 2000. The van der Waals surface area contributed by atoms with E-state index in [1.165, 1.54) is 0 Å². The molecular weight excluding hydrogens is 675 g/mol. The Balaban J connectivity index is 1.15. The number of methoxy groups -OCH3 is 1. The summed E-state index contributed by atoms with van der Waals surface area (Å²) in [6, 6.07) is 29.4. The third kappa shape index (κ3) is 6.32. The summed E-state index contributed by atoms with van der Waals surface area (Å²) in [4.78, 5) is 57.2. The van der Waals surface area contributed by atoms with Crippen LogP contribution in [0.25, 0.3) is 0 Å². The lowest BCUT2D eigenvalue weighted by molar-refractivity contribution is -0.151. The van der Waals surface area contributed by atoms with Gasteiger partial charge in [-0.3, -0.25) is 14.4 Å². The van der Waals surface area contributed by atoms with E-state index in [2.05, 4.69) is 5.32 Å². The molecule has 0 saturated carbocycles. The first-order valence-electron chi connectivity index (χ1n) is 17.8. The maximum Gasteiger partial charge on any atom is 0.264 e. The highest BCUT2D eigenvalue weighted by atomic mass is 28.4. The molecule has 3 N–H and O–H groups in total. The Labute approximate surface area is 305 Å². The van der Waals surface area contributed by atoms with Gasteiger partial charge in [0.2, 0.25) is 5.91 Å². The predicted octanol–water partition coefficient (Wildman–Crippen LogP) is 5.63. The van der Waals surface area contributed by atoms with Crippen LogP contribution in [-0.4, -0.2) is 66.7 Å². The molecule has 3 aliphatic heterocycles. The van der Waals surface area contributed by atoms with Gasteiger partial charge >= 0.3 is 0 Å². The summed E-state index contributed by atoms with van der Waals surface area (Å²) in [6.45, 7) is 6.09. The van der Waals surface area contributed by atoms with Gasteiger partial charge in [0.05, 0.1) is 44.5 Å². The van der Waals surface area contributed by atoms with Gasteiger partial charge in [-0.25, -0.2) is 0 Å². The van der Waals surface area contributed by atoms with Crippen molar-refractivity contribution in [2.45, 2.75) is 69.2 Å². The first kappa shape index (κ1) is 35.6. The quantitative estimate of drug-likeness (QED) is 0.192. The molecule has 3 heterocycles. The van der Waals surface area contributed by atoms with Crippen LogP contribution in [0.4, 0.5) is 11.4 Å². The summed E-state index contributed by atoms with van der Waals surface area (Å²) >= 11 is 0. The van der Waals surface area contributed by atoms with E-state index in [9.17, 15) is 24.3 Å². The standard InChI is InChI=1S/C41H45N3O7Si/c1-26-38(52(3,4)49)36(22-37(46)43-24-30-12-6-5-11-29(30)21-32(43)25-45)51-41(26)34-14-7-8-15-35(34)44(40(41)48)23-27-10-9-13-31(20-27)42-39(47)28-16-18-33(50-2)19-17-28/h5-20,26,32,36,38,45,49H,21-25H2,1-4H3,(H,42,47)/t26-,32-,36+,38-,41+/m0/s1. The van der Waals surface area contributed by atoms with Crippen molar-refractivity contribution in [2.24, 2.45) is 5.92 Å². The van der Waals surface area contributed by atoms with Gasteiger partial charge in [0, 0.05) is 34.8 Å². The van der Waals surface area contributed by atoms with Crippen molar-refractivity contribution in [3.8, 4) is 5.75 Å². The van der Waals surface area contributed by atoms with Crippen molar-refractivity contribution < 1.29 is 33.8 Å². The maximum absolute atomic E-state index is 14.9. The van der Waals surface area contributed by atoms with Crippen LogP contribution in [0, 0.1) is 5.92 Å². The maximum atomic E-state index is 14.9. The van der Waals surface area contributed by atoms with E-state index < -0.39 is 31.5 Å². The Morgan fingerprint density at radius 1 is 0.981 bits per heavy atom. The summed E-state index contributed by atoms with van der Waals surface area (Å²) in [5, 5.41) is 13.2. The Morgan fingerprint density at radius 3 is 2.40 bits per heavy atom. The fraction of sp³-hybridized carbons (Fsp3) is 0.341. The van der Waals surface area contributed by atoms with Crippen molar-refractivity contribution >= 4 is 37.4 Å². The minimum Gasteiger partial charge on any atom is -0.497 e. The average molecular weight is 720 g/mol. The van der Waals surface area contributed by atoms with Gasteiger partial charge in [-0.2, -0.15) is 0 Å². The lowest BCUT2D eigenvalue weighted by atomic mass is 9.82. The SMILES string of the molecule is COc1ccc(C(=O)Nc2cccc(CN3C(=O)[C@]4(O[C@H](CC(=O)N5Cc6ccccc6C[C@H]5CO)[C@@H]([Si](C)(C)O)[C@@H]4C)c4ccccc43)c2)cc1. The number of hydrogen-bond acceptors (Lipinski definition) is 7. The van der Waals surface area contributed by atoms with Crippen molar-refractivity contribution in [1.82, 2.24) is 4.90 Å². The number of ether oxygens (including phenoxy) is 2. The molecule has 0 radical (unpaired) electrons. The summed E-state index contributed by atoms with van der Waals surface area (Å²) < 4.78 is 12.1. The highest BCUT2D eigenvalue weighted by Crippen LogP contribution is 2.59. The van der Waals surface area contributed by atoms with Crippen LogP contribution in [0.3, 0.4) is 0 Å². The largest absolute Gasteiger partial charge is 0.497 e. The molecule has 0 unspecified atom stereocenters. The van der Waals surface area contributed by atoms with Gasteiger partial charge < -0.3 is 34.5 Å². The number of para-hydroxylation sites is 1. The second-order valence-corrected chi connectivity index (χ2v) is 18.7. The van der Waals surface area contributed by atoms with Crippen LogP contribution in [0.5, 0.6) is 5.75 Å². The smallest absolute Gasteiger partial charge is 0.264 e. The summed E-state index contributed by atoms with van der Waals surface area (Å²) in [7, 11) is -1.44. The molecule has 0 bridgehead atoms. The van der Waals surface area contributed by atoms with Crippen LogP contribution in [-0.2, 0) is 39.4 Å². The topological polar surface area (TPSA) is 129 Å². The van der Waals surface area contributed by atoms with Crippen LogP contribution >= 0.6 is 0 Å². The second kappa shape index (κ2) is 14.0. The highest BCUT2D eigenvalue weighted by molar-refractivity contribution is 6.71. The molecule has 11 heteroatoms. The highest BCUT2D eigenvalue weighted by Gasteiger charge is 2.66. The van der Waals surface area contributed by atoms with Crippen molar-refractivity contribution in [2.75, 3.05) is 23.9 Å². The zero-order valence-electron chi connectivity index (χ0n) is 29.9. The fourth-order valence-electron chi connectivity index (χ4n) is 8.60. The molecule has 4 aromatic rings. The number of hydrogen-bond donors (Lipinski definition) is 3. The first-order chi connectivity index (χ1) is 24.9. The zero-order chi connectivity index (χ0) is 36.8. The summed E-state index contributed by atoms with van der Waals surface area (Å²) in [6.07, 6.45) is -0.169. The number of anilines is 2. The monoisotopic (exact) mass is 719 g/mol. The van der Waals surface area contributed by atoms with E-state index in [0.717, 1.165) is 22.3 Å². The number of carbonyl (C=O) groups is 3. The molecule has 0 aliphatic carbocycles. The number of aliphatic hydroxyl groups excluding tert-OH is 1. The lowest BCUT2D eigenvalue weighted by Crippen LogP contribution is -2.48. The Kier molecular flexibility index (Phi) is 9.55. The minimum absolute atomic E-state index is 0.0161. The van der Waals surface area contributed by atoms with Gasteiger partial charge in [-0.05, 0) is 78.7 Å². The number of rotatable bonds is 9. The minimum atomic E-state index is -3.01. The molecule has 10 nitrogen and oxygen atoms in total.